The summed E-state index contributed by atoms with van der Waals surface area (Å²) >= 11 is 0. The Morgan fingerprint density at radius 2 is 1.24 bits per heavy atom. The highest BCUT2D eigenvalue weighted by atomic mass is 19.4. The van der Waals surface area contributed by atoms with Gasteiger partial charge >= 0.3 is 6.18 Å². The third kappa shape index (κ3) is 3.78. The van der Waals surface area contributed by atoms with E-state index in [2.05, 4.69) is 12.1 Å². The van der Waals surface area contributed by atoms with Crippen LogP contribution in [0.1, 0.15) is 40.7 Å². The fraction of sp³-hybridized carbons (Fsp3) is 0.118. The smallest absolute Gasteiger partial charge is 0.207 e. The number of benzene rings is 4. The molecule has 0 saturated heterocycles. The van der Waals surface area contributed by atoms with Crippen LogP contribution >= 0.6 is 0 Å². The van der Waals surface area contributed by atoms with E-state index in [9.17, 15) is 38.6 Å². The van der Waals surface area contributed by atoms with Crippen molar-refractivity contribution in [2.24, 2.45) is 5.41 Å². The maximum atomic E-state index is 14.3. The van der Waals surface area contributed by atoms with Crippen molar-refractivity contribution in [1.29, 1.82) is 21.0 Å². The van der Waals surface area contributed by atoms with Crippen molar-refractivity contribution in [1.82, 2.24) is 0 Å². The summed E-state index contributed by atoms with van der Waals surface area (Å²) in [6.45, 7) is 1.53. The molecule has 2 aliphatic carbocycles. The third-order valence-electron chi connectivity index (χ3n) is 8.02. The van der Waals surface area contributed by atoms with Crippen LogP contribution in [0.15, 0.2) is 78.4 Å². The second kappa shape index (κ2) is 9.17. The minimum Gasteiger partial charge on any atom is -0.207 e. The zero-order valence-electron chi connectivity index (χ0n) is 21.8. The lowest BCUT2D eigenvalue weighted by molar-refractivity contribution is -0.137. The molecule has 0 bridgehead atoms. The Hall–Kier alpha value is -5.70. The van der Waals surface area contributed by atoms with Crippen molar-refractivity contribution >= 4 is 5.57 Å². The molecule has 2 aliphatic rings. The molecule has 1 atom stereocenters. The lowest BCUT2D eigenvalue weighted by Gasteiger charge is -2.24. The van der Waals surface area contributed by atoms with Crippen molar-refractivity contribution < 1.29 is 17.6 Å². The van der Waals surface area contributed by atoms with Gasteiger partial charge in [-0.05, 0) is 105 Å². The van der Waals surface area contributed by atoms with Gasteiger partial charge in [-0.25, -0.2) is 4.39 Å². The van der Waals surface area contributed by atoms with E-state index < -0.39 is 28.9 Å². The SMILES string of the molecule is CC(C#N)(C#N)C1c2cc(-c3ccc(C(F)(F)F)cc3)ccc2-c2cc3c(cc21)-c1ccc(F)cc1C3=C(C#N)C#N. The molecule has 0 aromatic heterocycles. The van der Waals surface area contributed by atoms with Gasteiger partial charge in [0.1, 0.15) is 23.5 Å². The standard InChI is InChI=1S/C34H16F4N4/c1-33(16-41,17-42)32-29-10-19(18-2-5-21(6-3-18)34(36,37)38)4-8-24(29)26-12-28-25(13-30(26)32)23-9-7-22(35)11-27(23)31(28)20(14-39)15-40/h2-13,32H,1H3. The monoisotopic (exact) mass is 556 g/mol. The molecule has 0 N–H and O–H groups in total. The van der Waals surface area contributed by atoms with Crippen LogP contribution in [0.3, 0.4) is 0 Å². The summed E-state index contributed by atoms with van der Waals surface area (Å²) in [5.41, 5.74) is 3.94. The van der Waals surface area contributed by atoms with Crippen LogP contribution in [0.4, 0.5) is 17.6 Å². The molecule has 6 rings (SSSR count). The van der Waals surface area contributed by atoms with E-state index >= 15 is 0 Å². The van der Waals surface area contributed by atoms with Crippen molar-refractivity contribution in [2.45, 2.75) is 19.0 Å². The first kappa shape index (κ1) is 26.5. The molecule has 0 heterocycles. The summed E-state index contributed by atoms with van der Waals surface area (Å²) in [7, 11) is 0. The van der Waals surface area contributed by atoms with Crippen LogP contribution in [0.25, 0.3) is 39.0 Å². The Morgan fingerprint density at radius 3 is 1.86 bits per heavy atom. The van der Waals surface area contributed by atoms with E-state index in [-0.39, 0.29) is 5.57 Å². The summed E-state index contributed by atoms with van der Waals surface area (Å²) in [6.07, 6.45) is -4.47. The number of rotatable bonds is 2. The number of hydrogen-bond donors (Lipinski definition) is 0. The number of fused-ring (bicyclic) bond motifs is 6. The predicted octanol–water partition coefficient (Wildman–Crippen LogP) is 8.51. The van der Waals surface area contributed by atoms with Crippen LogP contribution in [-0.4, -0.2) is 0 Å². The van der Waals surface area contributed by atoms with Gasteiger partial charge in [0.15, 0.2) is 5.41 Å². The molecule has 4 aromatic rings. The highest BCUT2D eigenvalue weighted by Gasteiger charge is 2.45. The van der Waals surface area contributed by atoms with Gasteiger partial charge in [-0.15, -0.1) is 0 Å². The largest absolute Gasteiger partial charge is 0.416 e. The van der Waals surface area contributed by atoms with E-state index in [4.69, 9.17) is 0 Å². The maximum absolute atomic E-state index is 14.3. The fourth-order valence-electron chi connectivity index (χ4n) is 6.05. The molecule has 1 unspecified atom stereocenters. The number of nitrogens with zero attached hydrogens (tertiary/aromatic N) is 4. The van der Waals surface area contributed by atoms with E-state index in [1.807, 2.05) is 18.2 Å². The molecule has 42 heavy (non-hydrogen) atoms. The molecule has 0 spiro atoms. The Balaban J connectivity index is 1.60. The molecular weight excluding hydrogens is 540 g/mol. The normalized spacial score (nSPS) is 14.4. The highest BCUT2D eigenvalue weighted by molar-refractivity contribution is 6.06. The van der Waals surface area contributed by atoms with Gasteiger partial charge in [-0.2, -0.15) is 34.2 Å². The molecule has 0 saturated carbocycles. The van der Waals surface area contributed by atoms with Crippen molar-refractivity contribution in [3.63, 3.8) is 0 Å². The first-order valence-corrected chi connectivity index (χ1v) is 12.7. The number of hydrogen-bond acceptors (Lipinski definition) is 4. The molecule has 4 aromatic carbocycles. The highest BCUT2D eigenvalue weighted by Crippen LogP contribution is 2.57. The Morgan fingerprint density at radius 1 is 0.643 bits per heavy atom. The lowest BCUT2D eigenvalue weighted by atomic mass is 9.73. The van der Waals surface area contributed by atoms with Gasteiger partial charge in [0.2, 0.25) is 0 Å². The summed E-state index contributed by atoms with van der Waals surface area (Å²) in [5, 5.41) is 39.7. The molecule has 0 aliphatic heterocycles. The maximum Gasteiger partial charge on any atom is 0.416 e. The minimum absolute atomic E-state index is 0.174. The summed E-state index contributed by atoms with van der Waals surface area (Å²) < 4.78 is 53.7. The Labute approximate surface area is 238 Å². The van der Waals surface area contributed by atoms with Gasteiger partial charge in [-0.3, -0.25) is 0 Å². The van der Waals surface area contributed by atoms with Crippen molar-refractivity contribution in [3.8, 4) is 57.7 Å². The zero-order chi connectivity index (χ0) is 30.0. The number of alkyl halides is 3. The topological polar surface area (TPSA) is 95.2 Å². The number of allylic oxidation sites excluding steroid dienone is 1. The van der Waals surface area contributed by atoms with Crippen molar-refractivity contribution in [2.75, 3.05) is 0 Å². The third-order valence-corrected chi connectivity index (χ3v) is 8.02. The second-order valence-electron chi connectivity index (χ2n) is 10.4. The van der Waals surface area contributed by atoms with Crippen LogP contribution in [0.5, 0.6) is 0 Å². The first-order valence-electron chi connectivity index (χ1n) is 12.7. The summed E-state index contributed by atoms with van der Waals surface area (Å²) in [5.74, 6) is -1.25. The molecule has 0 radical (unpaired) electrons. The number of nitriles is 4. The van der Waals surface area contributed by atoms with Crippen LogP contribution in [0.2, 0.25) is 0 Å². The van der Waals surface area contributed by atoms with Crippen LogP contribution in [0, 0.1) is 56.6 Å². The van der Waals surface area contributed by atoms with Gasteiger partial charge in [0, 0.05) is 11.5 Å². The van der Waals surface area contributed by atoms with E-state index in [0.717, 1.165) is 12.1 Å². The quantitative estimate of drug-likeness (QED) is 0.161. The average Bonchev–Trinajstić information content (AvgIpc) is 3.47. The van der Waals surface area contributed by atoms with Crippen LogP contribution < -0.4 is 0 Å². The van der Waals surface area contributed by atoms with E-state index in [1.165, 1.54) is 31.2 Å². The molecule has 0 fully saturated rings. The zero-order valence-corrected chi connectivity index (χ0v) is 21.8. The molecular formula is C34H16F4N4. The Kier molecular flexibility index (Phi) is 5.79. The summed E-state index contributed by atoms with van der Waals surface area (Å²) in [6, 6.07) is 26.0. The average molecular weight is 557 g/mol. The van der Waals surface area contributed by atoms with Gasteiger partial charge in [0.25, 0.3) is 0 Å². The summed E-state index contributed by atoms with van der Waals surface area (Å²) in [4.78, 5) is 0. The second-order valence-corrected chi connectivity index (χ2v) is 10.4. The van der Waals surface area contributed by atoms with Gasteiger partial charge in [0.05, 0.1) is 17.7 Å². The van der Waals surface area contributed by atoms with Gasteiger partial charge in [-0.1, -0.05) is 30.3 Å². The minimum atomic E-state index is -4.47. The van der Waals surface area contributed by atoms with E-state index in [0.29, 0.717) is 61.2 Å². The van der Waals surface area contributed by atoms with Gasteiger partial charge < -0.3 is 0 Å². The van der Waals surface area contributed by atoms with Crippen molar-refractivity contribution in [3.05, 3.63) is 112 Å². The first-order chi connectivity index (χ1) is 20.0. The molecule has 200 valence electrons. The molecule has 4 nitrogen and oxygen atoms in total. The molecule has 0 amide bonds. The Bertz CT molecular complexity index is 2010. The molecule has 8 heteroatoms. The van der Waals surface area contributed by atoms with Crippen LogP contribution in [-0.2, 0) is 6.18 Å². The lowest BCUT2D eigenvalue weighted by Crippen LogP contribution is -2.21. The fourth-order valence-corrected chi connectivity index (χ4v) is 6.05. The van der Waals surface area contributed by atoms with E-state index in [1.54, 1.807) is 30.3 Å². The number of halogens is 4. The predicted molar refractivity (Wildman–Crippen MR) is 146 cm³/mol.